The molecule has 3 atom stereocenters. The molecule has 1 heterocycles. The van der Waals surface area contributed by atoms with Crippen molar-refractivity contribution in [3.05, 3.63) is 12.2 Å². The number of carbonyl (C=O) groups is 1. The molecule has 0 saturated carbocycles. The minimum Gasteiger partial charge on any atom is -0.414 e. The number of aliphatic hydroxyl groups is 1. The van der Waals surface area contributed by atoms with E-state index in [4.69, 9.17) is 5.11 Å². The Hall–Kier alpha value is -1.57. The van der Waals surface area contributed by atoms with Crippen LogP contribution in [0.2, 0.25) is 0 Å². The van der Waals surface area contributed by atoms with Crippen LogP contribution >= 0.6 is 0 Å². The van der Waals surface area contributed by atoms with Gasteiger partial charge in [-0.1, -0.05) is 6.58 Å². The van der Waals surface area contributed by atoms with Crippen LogP contribution in [0.5, 0.6) is 0 Å². The second kappa shape index (κ2) is 5.71. The van der Waals surface area contributed by atoms with Gasteiger partial charge in [-0.3, -0.25) is 0 Å². The first-order valence-corrected chi connectivity index (χ1v) is 6.35. The zero-order chi connectivity index (χ0) is 21.1. The van der Waals surface area contributed by atoms with E-state index in [9.17, 15) is 48.7 Å². The van der Waals surface area contributed by atoms with Gasteiger partial charge in [-0.2, -0.15) is 43.9 Å². The van der Waals surface area contributed by atoms with Gasteiger partial charge in [-0.05, 0) is 13.8 Å². The van der Waals surface area contributed by atoms with E-state index in [0.717, 1.165) is 0 Å². The van der Waals surface area contributed by atoms with Gasteiger partial charge in [-0.15, -0.1) is 0 Å². The van der Waals surface area contributed by atoms with E-state index in [2.05, 4.69) is 16.1 Å². The predicted octanol–water partition coefficient (Wildman–Crippen LogP) is 3.35. The Morgan fingerprint density at radius 3 is 1.77 bits per heavy atom. The van der Waals surface area contributed by atoms with Crippen LogP contribution in [0.25, 0.3) is 0 Å². The molecule has 1 fully saturated rings. The highest BCUT2D eigenvalue weighted by Crippen LogP contribution is 2.62. The summed E-state index contributed by atoms with van der Waals surface area (Å²) in [6.07, 6.45) is -17.9. The van der Waals surface area contributed by atoms with Crippen molar-refractivity contribution in [3.63, 3.8) is 0 Å². The van der Waals surface area contributed by atoms with Crippen molar-refractivity contribution >= 4 is 5.97 Å². The standard InChI is InChI=1S/C12H10F10O4/c1-4(2)5(23)25-10(12(20,21)22)9(15,16)6(24)8(13,14)7(3,26-10)11(17,18)19/h6,24H,1H2,2-3H3. The van der Waals surface area contributed by atoms with Crippen LogP contribution in [0.15, 0.2) is 12.2 Å². The smallest absolute Gasteiger partial charge is 0.414 e. The van der Waals surface area contributed by atoms with E-state index in [1.165, 1.54) is 0 Å². The molecule has 0 aromatic heterocycles. The van der Waals surface area contributed by atoms with E-state index in [-0.39, 0.29) is 0 Å². The molecule has 0 aliphatic carbocycles. The third-order valence-corrected chi connectivity index (χ3v) is 3.61. The number of hydrogen-bond acceptors (Lipinski definition) is 4. The normalized spacial score (nSPS) is 34.3. The highest BCUT2D eigenvalue weighted by atomic mass is 19.4. The number of hydrogen-bond donors (Lipinski definition) is 1. The minimum absolute atomic E-state index is 0.640. The molecule has 1 aliphatic rings. The largest absolute Gasteiger partial charge is 0.462 e. The van der Waals surface area contributed by atoms with E-state index in [0.29, 0.717) is 6.92 Å². The van der Waals surface area contributed by atoms with Crippen LogP contribution in [0.3, 0.4) is 0 Å². The zero-order valence-electron chi connectivity index (χ0n) is 12.7. The molecule has 0 aromatic rings. The average molecular weight is 408 g/mol. The molecule has 1 rings (SSSR count). The van der Waals surface area contributed by atoms with Gasteiger partial charge in [0.05, 0.1) is 0 Å². The topological polar surface area (TPSA) is 55.8 Å². The van der Waals surface area contributed by atoms with Crippen molar-refractivity contribution in [2.75, 3.05) is 0 Å². The second-order valence-electron chi connectivity index (χ2n) is 5.57. The fraction of sp³-hybridized carbons (Fsp3) is 0.750. The molecule has 0 aromatic carbocycles. The molecule has 26 heavy (non-hydrogen) atoms. The summed E-state index contributed by atoms with van der Waals surface area (Å²) in [5.41, 5.74) is -6.28. The molecule has 14 heteroatoms. The molecule has 0 spiro atoms. The Balaban J connectivity index is 3.83. The van der Waals surface area contributed by atoms with Crippen molar-refractivity contribution in [3.8, 4) is 0 Å². The summed E-state index contributed by atoms with van der Waals surface area (Å²) >= 11 is 0. The van der Waals surface area contributed by atoms with Gasteiger partial charge in [0.15, 0.2) is 6.10 Å². The molecule has 4 nitrogen and oxygen atoms in total. The van der Waals surface area contributed by atoms with Crippen LogP contribution in [0.4, 0.5) is 43.9 Å². The van der Waals surface area contributed by atoms with E-state index < -0.39 is 60.2 Å². The number of carbonyl (C=O) groups excluding carboxylic acids is 1. The maximum Gasteiger partial charge on any atom is 0.462 e. The number of rotatable bonds is 2. The summed E-state index contributed by atoms with van der Waals surface area (Å²) < 4.78 is 141. The van der Waals surface area contributed by atoms with Crippen LogP contribution in [0.1, 0.15) is 13.8 Å². The van der Waals surface area contributed by atoms with Crippen molar-refractivity contribution in [2.45, 2.75) is 55.5 Å². The number of alkyl halides is 10. The zero-order valence-corrected chi connectivity index (χ0v) is 12.7. The van der Waals surface area contributed by atoms with Gasteiger partial charge in [0.25, 0.3) is 0 Å². The summed E-state index contributed by atoms with van der Waals surface area (Å²) in [5.74, 6) is -20.3. The van der Waals surface area contributed by atoms with Gasteiger partial charge in [0.1, 0.15) is 0 Å². The molecule has 0 amide bonds. The molecule has 0 bridgehead atoms. The Bertz CT molecular complexity index is 610. The summed E-state index contributed by atoms with van der Waals surface area (Å²) in [6, 6.07) is 0. The van der Waals surface area contributed by atoms with Crippen LogP contribution in [0, 0.1) is 0 Å². The van der Waals surface area contributed by atoms with Gasteiger partial charge in [0.2, 0.25) is 5.60 Å². The first-order valence-electron chi connectivity index (χ1n) is 6.35. The Kier molecular flexibility index (Phi) is 4.94. The number of ether oxygens (including phenoxy) is 2. The highest BCUT2D eigenvalue weighted by molar-refractivity contribution is 5.87. The summed E-state index contributed by atoms with van der Waals surface area (Å²) in [7, 11) is 0. The Labute approximate surface area is 138 Å². The monoisotopic (exact) mass is 408 g/mol. The van der Waals surface area contributed by atoms with Gasteiger partial charge in [-0.25, -0.2) is 4.79 Å². The minimum atomic E-state index is -6.66. The lowest BCUT2D eigenvalue weighted by Gasteiger charge is -2.54. The van der Waals surface area contributed by atoms with E-state index in [1.54, 1.807) is 0 Å². The molecule has 1 N–H and O–H groups in total. The van der Waals surface area contributed by atoms with Crippen molar-refractivity contribution < 1.29 is 63.3 Å². The number of halogens is 10. The Morgan fingerprint density at radius 1 is 1.04 bits per heavy atom. The average Bonchev–Trinajstić information content (AvgIpc) is 2.40. The fourth-order valence-corrected chi connectivity index (χ4v) is 1.95. The first kappa shape index (κ1) is 22.5. The first-order chi connectivity index (χ1) is 11.2. The SMILES string of the molecule is C=C(C)C(=O)OC1(C(F)(F)F)OC(C)(C(F)(F)F)C(F)(F)C(O)C1(F)F. The highest BCUT2D eigenvalue weighted by Gasteiger charge is 2.91. The summed E-state index contributed by atoms with van der Waals surface area (Å²) in [5, 5.41) is 9.02. The maximum atomic E-state index is 14.0. The van der Waals surface area contributed by atoms with Crippen LogP contribution in [-0.2, 0) is 14.3 Å². The van der Waals surface area contributed by atoms with Crippen molar-refractivity contribution in [2.24, 2.45) is 0 Å². The third kappa shape index (κ3) is 2.73. The van der Waals surface area contributed by atoms with Gasteiger partial charge < -0.3 is 14.6 Å². The molecule has 152 valence electrons. The maximum absolute atomic E-state index is 14.0. The van der Waals surface area contributed by atoms with Crippen LogP contribution < -0.4 is 0 Å². The lowest BCUT2D eigenvalue weighted by atomic mass is 9.81. The Morgan fingerprint density at radius 2 is 1.46 bits per heavy atom. The molecule has 0 radical (unpaired) electrons. The number of esters is 1. The molecule has 3 unspecified atom stereocenters. The van der Waals surface area contributed by atoms with E-state index >= 15 is 0 Å². The molecular weight excluding hydrogens is 398 g/mol. The summed E-state index contributed by atoms with van der Waals surface area (Å²) in [6.45, 7) is 2.69. The van der Waals surface area contributed by atoms with Crippen molar-refractivity contribution in [1.29, 1.82) is 0 Å². The van der Waals surface area contributed by atoms with Crippen LogP contribution in [-0.4, -0.2) is 52.8 Å². The number of aliphatic hydroxyl groups excluding tert-OH is 1. The quantitative estimate of drug-likeness (QED) is 0.433. The van der Waals surface area contributed by atoms with Gasteiger partial charge >= 0.3 is 36.0 Å². The second-order valence-corrected chi connectivity index (χ2v) is 5.57. The molecule has 1 saturated heterocycles. The fourth-order valence-electron chi connectivity index (χ4n) is 1.95. The lowest BCUT2D eigenvalue weighted by Crippen LogP contribution is -2.82. The van der Waals surface area contributed by atoms with E-state index in [1.807, 2.05) is 0 Å². The van der Waals surface area contributed by atoms with Gasteiger partial charge in [0, 0.05) is 5.57 Å². The molecule has 1 aliphatic heterocycles. The third-order valence-electron chi connectivity index (χ3n) is 3.61. The van der Waals surface area contributed by atoms with Crippen molar-refractivity contribution in [1.82, 2.24) is 0 Å². The molecular formula is C12H10F10O4. The predicted molar refractivity (Wildman–Crippen MR) is 61.1 cm³/mol. The lowest BCUT2D eigenvalue weighted by molar-refractivity contribution is -0.535. The summed E-state index contributed by atoms with van der Waals surface area (Å²) in [4.78, 5) is 11.3.